The second kappa shape index (κ2) is 17.7. The lowest BCUT2D eigenvalue weighted by molar-refractivity contribution is -0.137. The predicted molar refractivity (Wildman–Crippen MR) is 200 cm³/mol. The molecule has 0 spiro atoms. The number of nitrogens with two attached hydrogens (primary N) is 1. The van der Waals surface area contributed by atoms with Gasteiger partial charge in [-0.3, -0.25) is 14.2 Å². The summed E-state index contributed by atoms with van der Waals surface area (Å²) in [7, 11) is 0. The van der Waals surface area contributed by atoms with E-state index in [0.717, 1.165) is 16.8 Å². The van der Waals surface area contributed by atoms with E-state index in [2.05, 4.69) is 63.9 Å². The topological polar surface area (TPSA) is 226 Å². The van der Waals surface area contributed by atoms with Crippen LogP contribution in [0.25, 0.3) is 11.2 Å². The number of aliphatic hydroxyl groups excluding tert-OH is 2. The lowest BCUT2D eigenvalue weighted by Crippen LogP contribution is -2.42. The van der Waals surface area contributed by atoms with Crippen LogP contribution in [-0.4, -0.2) is 96.3 Å². The highest BCUT2D eigenvalue weighted by molar-refractivity contribution is 7.80. The summed E-state index contributed by atoms with van der Waals surface area (Å²) in [5, 5.41) is 38.6. The Morgan fingerprint density at radius 1 is 1.02 bits per heavy atom. The maximum absolute atomic E-state index is 12.4. The molecule has 4 atom stereocenters. The molecule has 9 N–H and O–H groups in total. The number of aromatic nitrogens is 4. The van der Waals surface area contributed by atoms with Gasteiger partial charge in [0.05, 0.1) is 17.2 Å². The number of nitrogens with zero attached hydrogens (tertiary/aromatic N) is 5. The van der Waals surface area contributed by atoms with E-state index < -0.39 is 30.4 Å². The Morgan fingerprint density at radius 2 is 1.76 bits per heavy atom. The van der Waals surface area contributed by atoms with Crippen molar-refractivity contribution in [3.63, 3.8) is 0 Å². The first-order valence-corrected chi connectivity index (χ1v) is 17.1. The van der Waals surface area contributed by atoms with E-state index in [1.165, 1.54) is 10.9 Å². The smallest absolute Gasteiger partial charge is 0.252 e. The van der Waals surface area contributed by atoms with Crippen LogP contribution in [0.5, 0.6) is 0 Å². The van der Waals surface area contributed by atoms with Crippen molar-refractivity contribution < 1.29 is 24.5 Å². The summed E-state index contributed by atoms with van der Waals surface area (Å²) >= 11 is 9.95. The molecule has 0 aliphatic carbocycles. The normalized spacial score (nSPS) is 18.1. The molecule has 5 rings (SSSR count). The van der Waals surface area contributed by atoms with Crippen molar-refractivity contribution >= 4 is 80.8 Å². The minimum atomic E-state index is -1.44. The quantitative estimate of drug-likeness (QED) is 0.0494. The average Bonchev–Trinajstić information content (AvgIpc) is 3.67. The van der Waals surface area contributed by atoms with E-state index in [9.17, 15) is 19.8 Å². The summed E-state index contributed by atoms with van der Waals surface area (Å²) in [6.07, 6.45) is -2.22. The Kier molecular flexibility index (Phi) is 12.9. The van der Waals surface area contributed by atoms with E-state index in [-0.39, 0.29) is 23.3 Å². The zero-order valence-corrected chi connectivity index (χ0v) is 29.3. The van der Waals surface area contributed by atoms with Crippen LogP contribution in [0.3, 0.4) is 0 Å². The van der Waals surface area contributed by atoms with Crippen LogP contribution in [0.4, 0.5) is 23.1 Å². The number of ether oxygens (including phenoxy) is 1. The lowest BCUT2D eigenvalue weighted by Gasteiger charge is -2.16. The monoisotopic (exact) mass is 733 g/mol. The Bertz CT molecular complexity index is 1900. The van der Waals surface area contributed by atoms with E-state index in [1.54, 1.807) is 13.0 Å². The first-order chi connectivity index (χ1) is 24.7. The molecule has 51 heavy (non-hydrogen) atoms. The highest BCUT2D eigenvalue weighted by Crippen LogP contribution is 2.32. The molecule has 1 aliphatic heterocycles. The molecular weight excluding hydrogens is 695 g/mol. The molecule has 18 heteroatoms. The lowest BCUT2D eigenvalue weighted by atomic mass is 10.1. The van der Waals surface area contributed by atoms with Crippen LogP contribution < -0.4 is 32.3 Å². The predicted octanol–water partition coefficient (Wildman–Crippen LogP) is 1.59. The summed E-state index contributed by atoms with van der Waals surface area (Å²) < 4.78 is 7.15. The van der Waals surface area contributed by atoms with Gasteiger partial charge in [0.1, 0.15) is 17.7 Å². The molecule has 0 bridgehead atoms. The highest BCUT2D eigenvalue weighted by atomic mass is 32.1. The number of aliphatic hydroxyl groups is 2. The Labute approximate surface area is 304 Å². The summed E-state index contributed by atoms with van der Waals surface area (Å²) in [4.78, 5) is 41.7. The molecule has 1 fully saturated rings. The van der Waals surface area contributed by atoms with Gasteiger partial charge in [-0.2, -0.15) is 15.0 Å². The van der Waals surface area contributed by atoms with Gasteiger partial charge >= 0.3 is 0 Å². The molecule has 0 radical (unpaired) electrons. The molecule has 3 heterocycles. The third-order valence-corrected chi connectivity index (χ3v) is 8.28. The Morgan fingerprint density at radius 3 is 2.51 bits per heavy atom. The average molecular weight is 734 g/mol. The number of amides is 2. The molecule has 4 aromatic rings. The number of carbonyl (C=O) groups excluding carboxylic acids is 2. The number of imidazole rings is 1. The van der Waals surface area contributed by atoms with Crippen LogP contribution in [-0.2, 0) is 27.2 Å². The number of carbonyl (C=O) groups is 2. The van der Waals surface area contributed by atoms with Crippen molar-refractivity contribution in [3.05, 3.63) is 66.0 Å². The SMILES string of the molecule is CCNC(=O)[C@H]1O[C@@H](n2cnc3c(N)nc(NCCc4ccc(CCC(=O)NCCNC(=S)Nc5cccc(N=C=S)c5)cc4)nc32)[C@H](O)[C@@H]1O. The van der Waals surface area contributed by atoms with Crippen LogP contribution in [0.15, 0.2) is 59.9 Å². The molecule has 1 aliphatic rings. The molecule has 0 saturated carbocycles. The molecule has 268 valence electrons. The third-order valence-electron chi connectivity index (χ3n) is 7.94. The summed E-state index contributed by atoms with van der Waals surface area (Å²) in [5.74, 6) is -0.219. The second-order valence-corrected chi connectivity index (χ2v) is 12.1. The molecular formula is C33H39N11O5S2. The van der Waals surface area contributed by atoms with Gasteiger partial charge in [0.15, 0.2) is 28.9 Å². The number of anilines is 3. The standard InChI is InChI=1S/C33H39N11O5S2/c1-2-35-30(48)27-25(46)26(47)31(49-27)44-17-39-24-28(34)42-32(43-29(24)44)37-13-12-20-8-6-19(7-9-20)10-11-23(45)36-14-15-38-33(51)41-22-5-3-4-21(16-22)40-18-50/h3-9,16-17,25-27,31,46-47H,2,10-15H2,1H3,(H,35,48)(H,36,45)(H2,38,41,51)(H3,34,37,42,43)/t25-,26+,27-,31+/m0/s1. The number of nitrogens with one attached hydrogen (secondary N) is 5. The Hall–Kier alpha value is -5.10. The first kappa shape index (κ1) is 37.2. The molecule has 2 amide bonds. The van der Waals surface area contributed by atoms with Crippen LogP contribution in [0, 0.1) is 0 Å². The fraction of sp³-hybridized carbons (Fsp3) is 0.364. The zero-order chi connectivity index (χ0) is 36.3. The van der Waals surface area contributed by atoms with E-state index >= 15 is 0 Å². The van der Waals surface area contributed by atoms with Crippen LogP contribution in [0.2, 0.25) is 0 Å². The van der Waals surface area contributed by atoms with Gasteiger partial charge in [0, 0.05) is 38.3 Å². The number of aliphatic imine (C=N–C) groups is 1. The number of thiocarbonyl (C=S) groups is 2. The number of hydrogen-bond donors (Lipinski definition) is 8. The van der Waals surface area contributed by atoms with Crippen LogP contribution in [0.1, 0.15) is 30.7 Å². The number of fused-ring (bicyclic) bond motifs is 1. The van der Waals surface area contributed by atoms with Crippen molar-refractivity contribution in [2.24, 2.45) is 4.99 Å². The number of aryl methyl sites for hydroxylation is 1. The van der Waals surface area contributed by atoms with Crippen LogP contribution >= 0.6 is 24.4 Å². The van der Waals surface area contributed by atoms with Crippen molar-refractivity contribution in [1.29, 1.82) is 0 Å². The molecule has 1 saturated heterocycles. The highest BCUT2D eigenvalue weighted by Gasteiger charge is 2.47. The van der Waals surface area contributed by atoms with Crippen molar-refractivity contribution in [2.45, 2.75) is 50.7 Å². The minimum Gasteiger partial charge on any atom is -0.387 e. The van der Waals surface area contributed by atoms with Gasteiger partial charge in [-0.15, -0.1) is 0 Å². The largest absolute Gasteiger partial charge is 0.387 e. The summed E-state index contributed by atoms with van der Waals surface area (Å²) in [6, 6.07) is 15.3. The maximum atomic E-state index is 12.4. The van der Waals surface area contributed by atoms with Gasteiger partial charge in [-0.25, -0.2) is 4.98 Å². The molecule has 2 aromatic carbocycles. The van der Waals surface area contributed by atoms with E-state index in [0.29, 0.717) is 61.8 Å². The van der Waals surface area contributed by atoms with Crippen molar-refractivity contribution in [2.75, 3.05) is 42.5 Å². The number of nitrogen functional groups attached to an aromatic ring is 1. The van der Waals surface area contributed by atoms with Gasteiger partial charge in [-0.05, 0) is 73.5 Å². The fourth-order valence-corrected chi connectivity index (χ4v) is 5.71. The molecule has 16 nitrogen and oxygen atoms in total. The number of likely N-dealkylation sites (N-methyl/N-ethyl adjacent to an activating group) is 1. The van der Waals surface area contributed by atoms with Gasteiger partial charge in [0.2, 0.25) is 11.9 Å². The fourth-order valence-electron chi connectivity index (χ4n) is 5.38. The minimum absolute atomic E-state index is 0.0562. The number of rotatable bonds is 15. The van der Waals surface area contributed by atoms with E-state index in [1.807, 2.05) is 42.5 Å². The van der Waals surface area contributed by atoms with Crippen molar-refractivity contribution in [3.8, 4) is 0 Å². The van der Waals surface area contributed by atoms with Gasteiger partial charge in [0.25, 0.3) is 5.91 Å². The number of benzene rings is 2. The third kappa shape index (κ3) is 9.78. The van der Waals surface area contributed by atoms with Crippen molar-refractivity contribution in [1.82, 2.24) is 35.5 Å². The first-order valence-electron chi connectivity index (χ1n) is 16.3. The number of isothiocyanates is 1. The molecule has 2 aromatic heterocycles. The van der Waals surface area contributed by atoms with Gasteiger partial charge in [-0.1, -0.05) is 30.3 Å². The van der Waals surface area contributed by atoms with E-state index in [4.69, 9.17) is 22.7 Å². The molecule has 0 unspecified atom stereocenters. The summed E-state index contributed by atoms with van der Waals surface area (Å²) in [6.45, 7) is 3.47. The van der Waals surface area contributed by atoms with Gasteiger partial charge < -0.3 is 47.3 Å². The zero-order valence-electron chi connectivity index (χ0n) is 27.7. The second-order valence-electron chi connectivity index (χ2n) is 11.6. The Balaban J connectivity index is 1.04. The summed E-state index contributed by atoms with van der Waals surface area (Å²) in [5.41, 5.74) is 10.3. The maximum Gasteiger partial charge on any atom is 0.252 e. The number of hydrogen-bond acceptors (Lipinski definition) is 13.